The van der Waals surface area contributed by atoms with Gasteiger partial charge in [-0.1, -0.05) is 13.0 Å². The van der Waals surface area contributed by atoms with Crippen molar-refractivity contribution in [2.45, 2.75) is 26.8 Å². The Balaban J connectivity index is 2.25. The Morgan fingerprint density at radius 2 is 2.14 bits per heavy atom. The Hall–Kier alpha value is -1.95. The maximum Gasteiger partial charge on any atom is 0.308 e. The molecule has 1 aliphatic rings. The maximum absolute atomic E-state index is 11.2. The Kier molecular flexibility index (Phi) is 4.27. The quantitative estimate of drug-likeness (QED) is 0.681. The summed E-state index contributed by atoms with van der Waals surface area (Å²) in [5.41, 5.74) is 1.95. The Morgan fingerprint density at radius 1 is 1.48 bits per heavy atom. The highest BCUT2D eigenvalue weighted by molar-refractivity contribution is 5.71. The normalized spacial score (nSPS) is 24.0. The van der Waals surface area contributed by atoms with Crippen molar-refractivity contribution < 1.29 is 14.8 Å². The fourth-order valence-electron chi connectivity index (χ4n) is 3.03. The maximum atomic E-state index is 11.2. The zero-order chi connectivity index (χ0) is 15.7. The summed E-state index contributed by atoms with van der Waals surface area (Å²) in [6, 6.07) is 4.81. The van der Waals surface area contributed by atoms with E-state index in [0.29, 0.717) is 13.1 Å². The third kappa shape index (κ3) is 3.05. The van der Waals surface area contributed by atoms with Crippen LogP contribution in [0.15, 0.2) is 18.2 Å². The van der Waals surface area contributed by atoms with Gasteiger partial charge in [0, 0.05) is 31.3 Å². The number of carboxylic acid groups (broad SMARTS) is 1. The Morgan fingerprint density at radius 3 is 2.67 bits per heavy atom. The molecule has 1 saturated heterocycles. The number of nitro benzene ring substituents is 1. The molecule has 2 rings (SSSR count). The van der Waals surface area contributed by atoms with Gasteiger partial charge in [0.05, 0.1) is 10.8 Å². The van der Waals surface area contributed by atoms with Crippen LogP contribution in [0.2, 0.25) is 0 Å². The number of non-ortho nitro benzene ring substituents is 1. The molecule has 0 saturated carbocycles. The van der Waals surface area contributed by atoms with E-state index in [1.165, 1.54) is 6.07 Å². The van der Waals surface area contributed by atoms with Gasteiger partial charge in [-0.3, -0.25) is 19.8 Å². The van der Waals surface area contributed by atoms with Crippen molar-refractivity contribution in [3.8, 4) is 0 Å². The van der Waals surface area contributed by atoms with E-state index in [2.05, 4.69) is 4.90 Å². The average Bonchev–Trinajstić information content (AvgIpc) is 2.80. The first kappa shape index (κ1) is 15.4. The highest BCUT2D eigenvalue weighted by Gasteiger charge is 2.37. The summed E-state index contributed by atoms with van der Waals surface area (Å²) in [6.07, 6.45) is 0. The number of aliphatic carboxylic acids is 1. The van der Waals surface area contributed by atoms with Crippen molar-refractivity contribution in [3.63, 3.8) is 0 Å². The summed E-state index contributed by atoms with van der Waals surface area (Å²) in [7, 11) is 0. The predicted molar refractivity (Wildman–Crippen MR) is 78.1 cm³/mol. The molecule has 6 heteroatoms. The fourth-order valence-corrected chi connectivity index (χ4v) is 3.03. The summed E-state index contributed by atoms with van der Waals surface area (Å²) in [4.78, 5) is 23.8. The molecular formula is C15H20N2O4. The second-order valence-electron chi connectivity index (χ2n) is 5.85. The topological polar surface area (TPSA) is 83.7 Å². The minimum atomic E-state index is -0.770. The van der Waals surface area contributed by atoms with Crippen molar-refractivity contribution >= 4 is 11.7 Å². The van der Waals surface area contributed by atoms with Crippen LogP contribution < -0.4 is 0 Å². The van der Waals surface area contributed by atoms with Crippen LogP contribution in [0.3, 0.4) is 0 Å². The summed E-state index contributed by atoms with van der Waals surface area (Å²) in [5, 5.41) is 20.1. The largest absolute Gasteiger partial charge is 0.481 e. The SMILES string of the molecule is Cc1ccc([N+](=O)[O-])cc1C(C)N1C[C@@H](C)[C@H](C(=O)O)C1. The number of carboxylic acids is 1. The monoisotopic (exact) mass is 292 g/mol. The number of carbonyl (C=O) groups is 1. The standard InChI is InChI=1S/C15H20N2O4/c1-9-4-5-12(17(20)21)6-13(9)11(3)16-7-10(2)14(8-16)15(18)19/h4-6,10-11,14H,7-8H2,1-3H3,(H,18,19)/t10-,11?,14-/m1/s1. The van der Waals surface area contributed by atoms with E-state index in [0.717, 1.165) is 11.1 Å². The van der Waals surface area contributed by atoms with E-state index in [1.54, 1.807) is 12.1 Å². The molecule has 1 fully saturated rings. The fraction of sp³-hybridized carbons (Fsp3) is 0.533. The van der Waals surface area contributed by atoms with Crippen LogP contribution in [0, 0.1) is 28.9 Å². The van der Waals surface area contributed by atoms with Gasteiger partial charge in [-0.2, -0.15) is 0 Å². The van der Waals surface area contributed by atoms with Gasteiger partial charge in [-0.15, -0.1) is 0 Å². The van der Waals surface area contributed by atoms with Crippen LogP contribution in [0.5, 0.6) is 0 Å². The summed E-state index contributed by atoms with van der Waals surface area (Å²) in [6.45, 7) is 7.01. The lowest BCUT2D eigenvalue weighted by Gasteiger charge is -2.25. The molecule has 114 valence electrons. The summed E-state index contributed by atoms with van der Waals surface area (Å²) < 4.78 is 0. The summed E-state index contributed by atoms with van der Waals surface area (Å²) >= 11 is 0. The average molecular weight is 292 g/mol. The van der Waals surface area contributed by atoms with Crippen LogP contribution in [-0.4, -0.2) is 34.0 Å². The van der Waals surface area contributed by atoms with Crippen LogP contribution in [-0.2, 0) is 4.79 Å². The predicted octanol–water partition coefficient (Wildman–Crippen LogP) is 2.62. The molecule has 0 bridgehead atoms. The second-order valence-corrected chi connectivity index (χ2v) is 5.85. The van der Waals surface area contributed by atoms with Gasteiger partial charge < -0.3 is 5.11 Å². The van der Waals surface area contributed by atoms with Crippen LogP contribution in [0.25, 0.3) is 0 Å². The van der Waals surface area contributed by atoms with Crippen molar-refractivity contribution in [3.05, 3.63) is 39.4 Å². The van der Waals surface area contributed by atoms with Gasteiger partial charge in [0.25, 0.3) is 5.69 Å². The first-order valence-corrected chi connectivity index (χ1v) is 7.03. The number of hydrogen-bond donors (Lipinski definition) is 1. The number of aryl methyl sites for hydroxylation is 1. The van der Waals surface area contributed by atoms with E-state index < -0.39 is 10.9 Å². The molecule has 1 N–H and O–H groups in total. The zero-order valence-corrected chi connectivity index (χ0v) is 12.4. The van der Waals surface area contributed by atoms with Crippen LogP contribution in [0.4, 0.5) is 5.69 Å². The molecule has 0 spiro atoms. The molecule has 21 heavy (non-hydrogen) atoms. The van der Waals surface area contributed by atoms with E-state index in [4.69, 9.17) is 0 Å². The molecule has 6 nitrogen and oxygen atoms in total. The number of benzene rings is 1. The molecule has 0 aliphatic carbocycles. The molecule has 0 radical (unpaired) electrons. The molecule has 0 aromatic heterocycles. The molecule has 1 aliphatic heterocycles. The third-order valence-corrected chi connectivity index (χ3v) is 4.43. The lowest BCUT2D eigenvalue weighted by atomic mass is 9.99. The lowest BCUT2D eigenvalue weighted by molar-refractivity contribution is -0.385. The second kappa shape index (κ2) is 5.81. The van der Waals surface area contributed by atoms with Gasteiger partial charge in [-0.25, -0.2) is 0 Å². The van der Waals surface area contributed by atoms with Crippen molar-refractivity contribution in [2.24, 2.45) is 11.8 Å². The van der Waals surface area contributed by atoms with Crippen LogP contribution in [0.1, 0.15) is 31.0 Å². The van der Waals surface area contributed by atoms with E-state index in [9.17, 15) is 20.0 Å². The van der Waals surface area contributed by atoms with E-state index >= 15 is 0 Å². The molecular weight excluding hydrogens is 272 g/mol. The van der Waals surface area contributed by atoms with Gasteiger partial charge in [0.2, 0.25) is 0 Å². The molecule has 1 heterocycles. The molecule has 0 amide bonds. The van der Waals surface area contributed by atoms with Gasteiger partial charge in [0.1, 0.15) is 0 Å². The van der Waals surface area contributed by atoms with Crippen molar-refractivity contribution in [1.29, 1.82) is 0 Å². The van der Waals surface area contributed by atoms with Gasteiger partial charge in [0.15, 0.2) is 0 Å². The lowest BCUT2D eigenvalue weighted by Crippen LogP contribution is -2.26. The smallest absolute Gasteiger partial charge is 0.308 e. The first-order chi connectivity index (χ1) is 9.81. The minimum Gasteiger partial charge on any atom is -0.481 e. The number of hydrogen-bond acceptors (Lipinski definition) is 4. The number of rotatable bonds is 4. The highest BCUT2D eigenvalue weighted by atomic mass is 16.6. The summed E-state index contributed by atoms with van der Waals surface area (Å²) in [5.74, 6) is -1.05. The highest BCUT2D eigenvalue weighted by Crippen LogP contribution is 2.33. The first-order valence-electron chi connectivity index (χ1n) is 7.03. The Labute approximate surface area is 123 Å². The van der Waals surface area contributed by atoms with Gasteiger partial charge in [-0.05, 0) is 30.9 Å². The van der Waals surface area contributed by atoms with Crippen LogP contribution >= 0.6 is 0 Å². The number of nitrogens with zero attached hydrogens (tertiary/aromatic N) is 2. The minimum absolute atomic E-state index is 0.0308. The molecule has 1 aromatic carbocycles. The van der Waals surface area contributed by atoms with Gasteiger partial charge >= 0.3 is 5.97 Å². The zero-order valence-electron chi connectivity index (χ0n) is 12.4. The van der Waals surface area contributed by atoms with Crippen molar-refractivity contribution in [1.82, 2.24) is 4.90 Å². The number of nitro groups is 1. The third-order valence-electron chi connectivity index (χ3n) is 4.43. The van der Waals surface area contributed by atoms with E-state index in [-0.39, 0.29) is 23.6 Å². The molecule has 1 aromatic rings. The van der Waals surface area contributed by atoms with E-state index in [1.807, 2.05) is 20.8 Å². The molecule has 1 unspecified atom stereocenters. The molecule has 3 atom stereocenters. The number of likely N-dealkylation sites (tertiary alicyclic amines) is 1. The Bertz CT molecular complexity index is 573. The van der Waals surface area contributed by atoms with Crippen molar-refractivity contribution in [2.75, 3.05) is 13.1 Å².